The van der Waals surface area contributed by atoms with Gasteiger partial charge in [-0.2, -0.15) is 11.8 Å². The molecule has 0 aliphatic carbocycles. The second-order valence-corrected chi connectivity index (χ2v) is 5.24. The number of carbonyl (C=O) groups is 1. The highest BCUT2D eigenvalue weighted by Crippen LogP contribution is 2.24. The maximum absolute atomic E-state index is 11.7. The summed E-state index contributed by atoms with van der Waals surface area (Å²) in [4.78, 5) is 12.6. The minimum Gasteiger partial charge on any atom is -0.355 e. The number of amides is 1. The van der Waals surface area contributed by atoms with Gasteiger partial charge >= 0.3 is 0 Å². The third-order valence-corrected chi connectivity index (χ3v) is 3.60. The highest BCUT2D eigenvalue weighted by molar-refractivity contribution is 7.98. The molecule has 90 valence electrons. The van der Waals surface area contributed by atoms with E-state index in [1.807, 2.05) is 23.8 Å². The van der Waals surface area contributed by atoms with Gasteiger partial charge in [0.15, 0.2) is 11.5 Å². The van der Waals surface area contributed by atoms with E-state index in [2.05, 4.69) is 10.5 Å². The smallest absolute Gasteiger partial charge is 0.273 e. The summed E-state index contributed by atoms with van der Waals surface area (Å²) in [7, 11) is 0. The molecule has 1 amide bonds. The van der Waals surface area contributed by atoms with Crippen LogP contribution in [0.3, 0.4) is 0 Å². The van der Waals surface area contributed by atoms with E-state index in [-0.39, 0.29) is 5.91 Å². The molecule has 0 aliphatic heterocycles. The van der Waals surface area contributed by atoms with Crippen molar-refractivity contribution in [2.24, 2.45) is 0 Å². The third-order valence-electron chi connectivity index (χ3n) is 2.10. The van der Waals surface area contributed by atoms with Gasteiger partial charge in [-0.15, -0.1) is 11.3 Å². The van der Waals surface area contributed by atoms with E-state index < -0.39 is 0 Å². The first kappa shape index (κ1) is 12.2. The Morgan fingerprint density at radius 2 is 2.53 bits per heavy atom. The van der Waals surface area contributed by atoms with Crippen LogP contribution in [0.5, 0.6) is 0 Å². The van der Waals surface area contributed by atoms with E-state index in [1.54, 1.807) is 29.2 Å². The molecule has 2 heterocycles. The third kappa shape index (κ3) is 3.10. The summed E-state index contributed by atoms with van der Waals surface area (Å²) in [6.45, 7) is 0.640. The van der Waals surface area contributed by atoms with Crippen molar-refractivity contribution in [3.63, 3.8) is 0 Å². The van der Waals surface area contributed by atoms with Crippen LogP contribution in [0.4, 0.5) is 0 Å². The maximum atomic E-state index is 11.7. The molecule has 0 unspecified atom stereocenters. The molecule has 0 radical (unpaired) electrons. The predicted molar refractivity (Wildman–Crippen MR) is 70.5 cm³/mol. The monoisotopic (exact) mass is 268 g/mol. The van der Waals surface area contributed by atoms with E-state index in [0.717, 1.165) is 10.6 Å². The van der Waals surface area contributed by atoms with Crippen LogP contribution in [0.2, 0.25) is 0 Å². The Labute approximate surface area is 107 Å². The van der Waals surface area contributed by atoms with Crippen LogP contribution in [0.15, 0.2) is 28.1 Å². The van der Waals surface area contributed by atoms with Gasteiger partial charge in [0, 0.05) is 18.4 Å². The number of thioether (sulfide) groups is 1. The van der Waals surface area contributed by atoms with E-state index >= 15 is 0 Å². The summed E-state index contributed by atoms with van der Waals surface area (Å²) in [6.07, 6.45) is 2.00. The standard InChI is InChI=1S/C11H12N2O2S2/c1-16-6-4-12-11(14)8-7-9(15-13-8)10-3-2-5-17-10/h2-3,5,7H,4,6H2,1H3,(H,12,14). The van der Waals surface area contributed by atoms with Crippen LogP contribution < -0.4 is 5.32 Å². The average molecular weight is 268 g/mol. The van der Waals surface area contributed by atoms with E-state index in [0.29, 0.717) is 18.0 Å². The number of hydrogen-bond donors (Lipinski definition) is 1. The van der Waals surface area contributed by atoms with Crippen molar-refractivity contribution < 1.29 is 9.32 Å². The van der Waals surface area contributed by atoms with E-state index in [4.69, 9.17) is 4.52 Å². The maximum Gasteiger partial charge on any atom is 0.273 e. The van der Waals surface area contributed by atoms with Crippen LogP contribution >= 0.6 is 23.1 Å². The van der Waals surface area contributed by atoms with Crippen molar-refractivity contribution in [1.82, 2.24) is 10.5 Å². The molecule has 0 bridgehead atoms. The predicted octanol–water partition coefficient (Wildman–Crippen LogP) is 2.50. The molecule has 4 nitrogen and oxygen atoms in total. The second-order valence-electron chi connectivity index (χ2n) is 3.30. The lowest BCUT2D eigenvalue weighted by Crippen LogP contribution is -2.25. The van der Waals surface area contributed by atoms with Gasteiger partial charge in [0.1, 0.15) is 0 Å². The molecule has 0 spiro atoms. The van der Waals surface area contributed by atoms with Gasteiger partial charge in [-0.1, -0.05) is 11.2 Å². The molecule has 0 saturated heterocycles. The number of nitrogens with one attached hydrogen (secondary N) is 1. The van der Waals surface area contributed by atoms with Gasteiger partial charge in [0.25, 0.3) is 5.91 Å². The molecule has 2 rings (SSSR count). The number of thiophene rings is 1. The highest BCUT2D eigenvalue weighted by Gasteiger charge is 2.13. The van der Waals surface area contributed by atoms with E-state index in [9.17, 15) is 4.79 Å². The van der Waals surface area contributed by atoms with Crippen molar-refractivity contribution in [2.45, 2.75) is 0 Å². The van der Waals surface area contributed by atoms with Gasteiger partial charge < -0.3 is 9.84 Å². The first-order chi connectivity index (χ1) is 8.31. The molecule has 0 aliphatic rings. The van der Waals surface area contributed by atoms with Crippen LogP contribution in [-0.4, -0.2) is 29.6 Å². The van der Waals surface area contributed by atoms with Crippen molar-refractivity contribution in [3.05, 3.63) is 29.3 Å². The zero-order valence-electron chi connectivity index (χ0n) is 9.30. The molecular formula is C11H12N2O2S2. The second kappa shape index (κ2) is 5.88. The fourth-order valence-corrected chi connectivity index (χ4v) is 2.25. The SMILES string of the molecule is CSCCNC(=O)c1cc(-c2cccs2)on1. The topological polar surface area (TPSA) is 55.1 Å². The van der Waals surface area contributed by atoms with Gasteiger partial charge in [0.2, 0.25) is 0 Å². The lowest BCUT2D eigenvalue weighted by molar-refractivity contribution is 0.0947. The highest BCUT2D eigenvalue weighted by atomic mass is 32.2. The molecule has 0 fully saturated rings. The first-order valence-corrected chi connectivity index (χ1v) is 7.36. The minimum absolute atomic E-state index is 0.189. The molecule has 0 aromatic carbocycles. The lowest BCUT2D eigenvalue weighted by atomic mass is 10.3. The minimum atomic E-state index is -0.189. The van der Waals surface area contributed by atoms with Gasteiger partial charge in [-0.25, -0.2) is 0 Å². The quantitative estimate of drug-likeness (QED) is 0.846. The van der Waals surface area contributed by atoms with E-state index in [1.165, 1.54) is 0 Å². The summed E-state index contributed by atoms with van der Waals surface area (Å²) >= 11 is 3.24. The summed E-state index contributed by atoms with van der Waals surface area (Å²) in [5.41, 5.74) is 0.328. The number of rotatable bonds is 5. The zero-order chi connectivity index (χ0) is 12.1. The Balaban J connectivity index is 2.01. The zero-order valence-corrected chi connectivity index (χ0v) is 10.9. The molecule has 6 heteroatoms. The Morgan fingerprint density at radius 1 is 1.65 bits per heavy atom. The fraction of sp³-hybridized carbons (Fsp3) is 0.273. The van der Waals surface area contributed by atoms with Crippen molar-refractivity contribution >= 4 is 29.0 Å². The number of nitrogens with zero attached hydrogens (tertiary/aromatic N) is 1. The summed E-state index contributed by atoms with van der Waals surface area (Å²) in [5, 5.41) is 8.50. The normalized spacial score (nSPS) is 10.4. The van der Waals surface area contributed by atoms with Crippen LogP contribution in [0.1, 0.15) is 10.5 Å². The first-order valence-electron chi connectivity index (χ1n) is 5.09. The molecular weight excluding hydrogens is 256 g/mol. The Kier molecular flexibility index (Phi) is 4.22. The van der Waals surface area contributed by atoms with Gasteiger partial charge in [-0.3, -0.25) is 4.79 Å². The molecule has 2 aromatic rings. The Hall–Kier alpha value is -1.27. The van der Waals surface area contributed by atoms with Crippen molar-refractivity contribution in [2.75, 3.05) is 18.6 Å². The molecule has 1 N–H and O–H groups in total. The molecule has 17 heavy (non-hydrogen) atoms. The largest absolute Gasteiger partial charge is 0.355 e. The van der Waals surface area contributed by atoms with Crippen LogP contribution in [0, 0.1) is 0 Å². The number of aromatic nitrogens is 1. The molecule has 2 aromatic heterocycles. The number of hydrogen-bond acceptors (Lipinski definition) is 5. The lowest BCUT2D eigenvalue weighted by Gasteiger charge is -1.99. The fourth-order valence-electron chi connectivity index (χ4n) is 1.27. The van der Waals surface area contributed by atoms with Gasteiger partial charge in [-0.05, 0) is 17.7 Å². The molecule has 0 saturated carbocycles. The number of carbonyl (C=O) groups excluding carboxylic acids is 1. The van der Waals surface area contributed by atoms with Crippen molar-refractivity contribution in [3.8, 4) is 10.6 Å². The summed E-state index contributed by atoms with van der Waals surface area (Å²) < 4.78 is 5.13. The Bertz CT molecular complexity index is 479. The van der Waals surface area contributed by atoms with Crippen LogP contribution in [-0.2, 0) is 0 Å². The summed E-state index contributed by atoms with van der Waals surface area (Å²) in [6, 6.07) is 5.53. The summed E-state index contributed by atoms with van der Waals surface area (Å²) in [5.74, 6) is 1.34. The van der Waals surface area contributed by atoms with Crippen molar-refractivity contribution in [1.29, 1.82) is 0 Å². The molecule has 0 atom stereocenters. The Morgan fingerprint density at radius 3 is 3.24 bits per heavy atom. The van der Waals surface area contributed by atoms with Crippen LogP contribution in [0.25, 0.3) is 10.6 Å². The van der Waals surface area contributed by atoms with Gasteiger partial charge in [0.05, 0.1) is 4.88 Å². The average Bonchev–Trinajstić information content (AvgIpc) is 3.00.